The molecule has 1 heterocycles. The molecule has 29 heavy (non-hydrogen) atoms. The monoisotopic (exact) mass is 429 g/mol. The average molecular weight is 430 g/mol. The van der Waals surface area contributed by atoms with Crippen molar-refractivity contribution in [1.82, 2.24) is 25.6 Å². The molecule has 0 atom stereocenters. The number of nitrogens with one attached hydrogen (secondary N) is 2. The van der Waals surface area contributed by atoms with Gasteiger partial charge in [-0.2, -0.15) is 13.2 Å². The molecule has 1 fully saturated rings. The highest BCUT2D eigenvalue weighted by molar-refractivity contribution is 6.17. The summed E-state index contributed by atoms with van der Waals surface area (Å²) >= 11 is 5.79. The molecular formula is C18H19ClF3N5O2. The summed E-state index contributed by atoms with van der Waals surface area (Å²) in [5.41, 5.74) is 1.40. The lowest BCUT2D eigenvalue weighted by Gasteiger charge is -2.10. The van der Waals surface area contributed by atoms with Crippen molar-refractivity contribution >= 4 is 23.4 Å². The molecule has 1 aliphatic carbocycles. The Hall–Kier alpha value is -2.62. The molecule has 2 N–H and O–H groups in total. The summed E-state index contributed by atoms with van der Waals surface area (Å²) < 4.78 is 38.2. The van der Waals surface area contributed by atoms with Gasteiger partial charge in [0.1, 0.15) is 6.54 Å². The number of rotatable bonds is 8. The summed E-state index contributed by atoms with van der Waals surface area (Å²) in [5, 5.41) is 12.7. The second-order valence-corrected chi connectivity index (χ2v) is 7.06. The highest BCUT2D eigenvalue weighted by Gasteiger charge is 2.29. The first-order valence-corrected chi connectivity index (χ1v) is 9.58. The number of carbonyl (C=O) groups excluding carboxylic acids is 2. The van der Waals surface area contributed by atoms with Crippen molar-refractivity contribution in [1.29, 1.82) is 0 Å². The zero-order valence-electron chi connectivity index (χ0n) is 15.3. The topological polar surface area (TPSA) is 88.9 Å². The fraction of sp³-hybridized carbons (Fsp3) is 0.444. The zero-order chi connectivity index (χ0) is 21.0. The third-order valence-electron chi connectivity index (χ3n) is 4.26. The number of hydrogen-bond donors (Lipinski definition) is 2. The molecular weight excluding hydrogens is 411 g/mol. The molecule has 7 nitrogen and oxygen atoms in total. The Morgan fingerprint density at radius 3 is 2.45 bits per heavy atom. The first-order valence-electron chi connectivity index (χ1n) is 9.05. The molecule has 1 aliphatic rings. The first kappa shape index (κ1) is 21.1. The van der Waals surface area contributed by atoms with E-state index in [-0.39, 0.29) is 23.2 Å². The SMILES string of the molecule is O=C(NCC(F)(F)F)c1ccc(-n2nnc(C(=O)NC3CC3)c2CCCCl)cc1. The number of nitrogens with zero attached hydrogens (tertiary/aromatic N) is 3. The maximum atomic E-state index is 12.4. The van der Waals surface area contributed by atoms with E-state index in [0.29, 0.717) is 30.1 Å². The van der Waals surface area contributed by atoms with Crippen molar-refractivity contribution in [2.24, 2.45) is 0 Å². The van der Waals surface area contributed by atoms with Gasteiger partial charge < -0.3 is 10.6 Å². The Labute approximate surface area is 169 Å². The van der Waals surface area contributed by atoms with Gasteiger partial charge in [0.15, 0.2) is 5.69 Å². The highest BCUT2D eigenvalue weighted by Crippen LogP contribution is 2.21. The number of halogens is 4. The summed E-state index contributed by atoms with van der Waals surface area (Å²) in [7, 11) is 0. The molecule has 0 saturated heterocycles. The smallest absolute Gasteiger partial charge is 0.348 e. The fourth-order valence-electron chi connectivity index (χ4n) is 2.66. The fourth-order valence-corrected chi connectivity index (χ4v) is 2.80. The molecule has 2 aromatic rings. The summed E-state index contributed by atoms with van der Waals surface area (Å²) in [6.07, 6.45) is -1.52. The minimum atomic E-state index is -4.48. The van der Waals surface area contributed by atoms with E-state index in [1.54, 1.807) is 0 Å². The highest BCUT2D eigenvalue weighted by atomic mass is 35.5. The third-order valence-corrected chi connectivity index (χ3v) is 4.53. The lowest BCUT2D eigenvalue weighted by atomic mass is 10.1. The van der Waals surface area contributed by atoms with Gasteiger partial charge >= 0.3 is 6.18 Å². The molecule has 1 aromatic carbocycles. The van der Waals surface area contributed by atoms with Crippen LogP contribution < -0.4 is 10.6 Å². The second kappa shape index (κ2) is 8.81. The molecule has 2 amide bonds. The Morgan fingerprint density at radius 2 is 1.86 bits per heavy atom. The maximum Gasteiger partial charge on any atom is 0.405 e. The molecule has 3 rings (SSSR count). The third kappa shape index (κ3) is 5.69. The van der Waals surface area contributed by atoms with Crippen molar-refractivity contribution in [2.75, 3.05) is 12.4 Å². The van der Waals surface area contributed by atoms with Gasteiger partial charge in [0.05, 0.1) is 11.4 Å². The predicted molar refractivity (Wildman–Crippen MR) is 99.3 cm³/mol. The quantitative estimate of drug-likeness (QED) is 0.631. The van der Waals surface area contributed by atoms with Crippen molar-refractivity contribution in [3.63, 3.8) is 0 Å². The number of alkyl halides is 4. The molecule has 0 aliphatic heterocycles. The van der Waals surface area contributed by atoms with Gasteiger partial charge in [-0.1, -0.05) is 5.21 Å². The van der Waals surface area contributed by atoms with Crippen LogP contribution in [0.25, 0.3) is 5.69 Å². The van der Waals surface area contributed by atoms with Crippen molar-refractivity contribution in [3.05, 3.63) is 41.2 Å². The van der Waals surface area contributed by atoms with Crippen molar-refractivity contribution in [3.8, 4) is 5.69 Å². The summed E-state index contributed by atoms with van der Waals surface area (Å²) in [6.45, 7) is -1.40. The van der Waals surface area contributed by atoms with Gasteiger partial charge in [-0.15, -0.1) is 16.7 Å². The van der Waals surface area contributed by atoms with E-state index in [9.17, 15) is 22.8 Å². The Kier molecular flexibility index (Phi) is 6.41. The van der Waals surface area contributed by atoms with E-state index >= 15 is 0 Å². The Morgan fingerprint density at radius 1 is 1.17 bits per heavy atom. The van der Waals surface area contributed by atoms with Crippen LogP contribution >= 0.6 is 11.6 Å². The number of carbonyl (C=O) groups is 2. The summed E-state index contributed by atoms with van der Waals surface area (Å²) in [5.74, 6) is -0.738. The van der Waals surface area contributed by atoms with Gasteiger partial charge in [-0.05, 0) is 49.9 Å². The van der Waals surface area contributed by atoms with Crippen LogP contribution in [0.1, 0.15) is 45.8 Å². The van der Waals surface area contributed by atoms with E-state index in [0.717, 1.165) is 12.8 Å². The van der Waals surface area contributed by atoms with Crippen LogP contribution in [-0.2, 0) is 6.42 Å². The standard InChI is InChI=1S/C18H19ClF3N5O2/c19-9-1-2-14-15(17(29)24-12-5-6-12)25-26-27(14)13-7-3-11(4-8-13)16(28)23-10-18(20,21)22/h3-4,7-8,12H,1-2,5-6,9-10H2,(H,23,28)(H,24,29). The second-order valence-electron chi connectivity index (χ2n) is 6.68. The number of aromatic nitrogens is 3. The Balaban J connectivity index is 1.79. The van der Waals surface area contributed by atoms with Crippen LogP contribution in [0.5, 0.6) is 0 Å². The van der Waals surface area contributed by atoms with E-state index < -0.39 is 18.6 Å². The minimum absolute atomic E-state index is 0.0760. The molecule has 1 saturated carbocycles. The minimum Gasteiger partial charge on any atom is -0.348 e. The van der Waals surface area contributed by atoms with Gasteiger partial charge in [-0.25, -0.2) is 4.68 Å². The van der Waals surface area contributed by atoms with Gasteiger partial charge in [0, 0.05) is 17.5 Å². The molecule has 0 unspecified atom stereocenters. The molecule has 0 spiro atoms. The first-order chi connectivity index (χ1) is 13.8. The van der Waals surface area contributed by atoms with E-state index in [2.05, 4.69) is 15.6 Å². The number of benzene rings is 1. The lowest BCUT2D eigenvalue weighted by Crippen LogP contribution is -2.33. The van der Waals surface area contributed by atoms with Crippen LogP contribution in [-0.4, -0.2) is 51.5 Å². The van der Waals surface area contributed by atoms with Crippen molar-refractivity contribution in [2.45, 2.75) is 37.9 Å². The molecule has 11 heteroatoms. The van der Waals surface area contributed by atoms with Crippen LogP contribution in [0.15, 0.2) is 24.3 Å². The molecule has 0 bridgehead atoms. The van der Waals surface area contributed by atoms with Gasteiger partial charge in [0.2, 0.25) is 0 Å². The van der Waals surface area contributed by atoms with Gasteiger partial charge in [-0.3, -0.25) is 9.59 Å². The average Bonchev–Trinajstić information content (AvgIpc) is 3.39. The van der Waals surface area contributed by atoms with Crippen molar-refractivity contribution < 1.29 is 22.8 Å². The summed E-state index contributed by atoms with van der Waals surface area (Å²) in [4.78, 5) is 24.3. The number of hydrogen-bond acceptors (Lipinski definition) is 4. The van der Waals surface area contributed by atoms with E-state index in [4.69, 9.17) is 11.6 Å². The van der Waals surface area contributed by atoms with Crippen LogP contribution in [0.4, 0.5) is 13.2 Å². The molecule has 0 radical (unpaired) electrons. The van der Waals surface area contributed by atoms with Crippen LogP contribution in [0.2, 0.25) is 0 Å². The van der Waals surface area contributed by atoms with Gasteiger partial charge in [0.25, 0.3) is 11.8 Å². The largest absolute Gasteiger partial charge is 0.405 e. The Bertz CT molecular complexity index is 879. The zero-order valence-corrected chi connectivity index (χ0v) is 16.1. The predicted octanol–water partition coefficient (Wildman–Crippen LogP) is 2.62. The normalized spacial score (nSPS) is 13.9. The summed E-state index contributed by atoms with van der Waals surface area (Å²) in [6, 6.07) is 6.01. The molecule has 156 valence electrons. The number of amides is 2. The van der Waals surface area contributed by atoms with Crippen LogP contribution in [0, 0.1) is 0 Å². The van der Waals surface area contributed by atoms with E-state index in [1.807, 2.05) is 5.32 Å². The lowest BCUT2D eigenvalue weighted by molar-refractivity contribution is -0.123. The van der Waals surface area contributed by atoms with E-state index in [1.165, 1.54) is 28.9 Å². The molecule has 1 aromatic heterocycles. The van der Waals surface area contributed by atoms with Crippen LogP contribution in [0.3, 0.4) is 0 Å². The maximum absolute atomic E-state index is 12.4.